The molecule has 1 amide bonds. The maximum Gasteiger partial charge on any atom is 0.279 e. The van der Waals surface area contributed by atoms with Crippen molar-refractivity contribution in [2.75, 3.05) is 18.6 Å². The zero-order valence-corrected chi connectivity index (χ0v) is 19.7. The first-order valence-electron chi connectivity index (χ1n) is 10.6. The number of thioether (sulfide) groups is 1. The number of carbonyl (C=O) groups is 1. The number of aromatic nitrogens is 1. The summed E-state index contributed by atoms with van der Waals surface area (Å²) in [6, 6.07) is 13.8. The monoisotopic (exact) mass is 442 g/mol. The largest absolute Gasteiger partial charge is 0.494 e. The van der Waals surface area contributed by atoms with Gasteiger partial charge in [0.25, 0.3) is 5.91 Å². The minimum Gasteiger partial charge on any atom is -0.494 e. The molecule has 4 nitrogen and oxygen atoms in total. The summed E-state index contributed by atoms with van der Waals surface area (Å²) < 4.78 is 9.08. The predicted molar refractivity (Wildman–Crippen MR) is 129 cm³/mol. The molecule has 0 aliphatic carbocycles. The van der Waals surface area contributed by atoms with Gasteiger partial charge in [0, 0.05) is 17.9 Å². The number of amides is 1. The van der Waals surface area contributed by atoms with Gasteiger partial charge in [-0.3, -0.25) is 4.79 Å². The Morgan fingerprint density at radius 1 is 1.13 bits per heavy atom. The number of unbranched alkanes of at least 4 members (excludes halogenated alkanes) is 2. The Morgan fingerprint density at radius 3 is 2.63 bits per heavy atom. The summed E-state index contributed by atoms with van der Waals surface area (Å²) in [6.07, 6.45) is 6.48. The molecule has 0 aliphatic heterocycles. The van der Waals surface area contributed by atoms with Gasteiger partial charge in [0.1, 0.15) is 5.75 Å². The Hall–Kier alpha value is -2.05. The average molecular weight is 443 g/mol. The second-order valence-electron chi connectivity index (χ2n) is 7.18. The maximum atomic E-state index is 12.8. The van der Waals surface area contributed by atoms with Crippen molar-refractivity contribution in [3.05, 3.63) is 58.4 Å². The van der Waals surface area contributed by atoms with Crippen LogP contribution in [0.2, 0.25) is 0 Å². The second kappa shape index (κ2) is 11.4. The van der Waals surface area contributed by atoms with Crippen molar-refractivity contribution in [1.29, 1.82) is 0 Å². The zero-order chi connectivity index (χ0) is 21.3. The van der Waals surface area contributed by atoms with Gasteiger partial charge in [0.15, 0.2) is 4.80 Å². The van der Waals surface area contributed by atoms with Gasteiger partial charge in [-0.2, -0.15) is 16.8 Å². The Balaban J connectivity index is 1.84. The average Bonchev–Trinajstić information content (AvgIpc) is 3.11. The van der Waals surface area contributed by atoms with Crippen LogP contribution in [0.4, 0.5) is 0 Å². The molecule has 0 unspecified atom stereocenters. The Morgan fingerprint density at radius 2 is 1.93 bits per heavy atom. The normalized spacial score (nSPS) is 11.9. The van der Waals surface area contributed by atoms with Gasteiger partial charge in [0.2, 0.25) is 0 Å². The Bertz CT molecular complexity index is 1040. The number of aryl methyl sites for hydroxylation is 2. The number of fused-ring (bicyclic) bond motifs is 1. The molecule has 1 heterocycles. The van der Waals surface area contributed by atoms with E-state index in [1.165, 1.54) is 23.1 Å². The van der Waals surface area contributed by atoms with Crippen LogP contribution in [0, 0.1) is 0 Å². The third kappa shape index (κ3) is 5.76. The van der Waals surface area contributed by atoms with Crippen LogP contribution in [0.15, 0.2) is 47.5 Å². The minimum atomic E-state index is -0.215. The molecular formula is C24H30N2O2S2. The number of hydrogen-bond acceptors (Lipinski definition) is 4. The molecule has 160 valence electrons. The van der Waals surface area contributed by atoms with E-state index in [4.69, 9.17) is 4.74 Å². The van der Waals surface area contributed by atoms with Crippen LogP contribution in [0.1, 0.15) is 49.0 Å². The molecule has 0 bridgehead atoms. The molecular weight excluding hydrogens is 412 g/mol. The van der Waals surface area contributed by atoms with Gasteiger partial charge >= 0.3 is 0 Å². The Kier molecular flexibility index (Phi) is 8.58. The number of rotatable bonds is 10. The first-order chi connectivity index (χ1) is 14.7. The Labute approximate surface area is 187 Å². The molecule has 0 saturated heterocycles. The molecule has 0 radical (unpaired) electrons. The molecule has 30 heavy (non-hydrogen) atoms. The summed E-state index contributed by atoms with van der Waals surface area (Å²) in [5.41, 5.74) is 3.03. The topological polar surface area (TPSA) is 43.6 Å². The highest BCUT2D eigenvalue weighted by molar-refractivity contribution is 7.98. The van der Waals surface area contributed by atoms with E-state index in [1.807, 2.05) is 12.1 Å². The first kappa shape index (κ1) is 22.6. The maximum absolute atomic E-state index is 12.8. The van der Waals surface area contributed by atoms with Gasteiger partial charge in [-0.15, -0.1) is 0 Å². The van der Waals surface area contributed by atoms with Crippen LogP contribution < -0.4 is 9.54 Å². The van der Waals surface area contributed by atoms with Gasteiger partial charge in [-0.25, -0.2) is 0 Å². The van der Waals surface area contributed by atoms with Crippen LogP contribution in [0.25, 0.3) is 10.2 Å². The summed E-state index contributed by atoms with van der Waals surface area (Å²) in [4.78, 5) is 18.1. The van der Waals surface area contributed by atoms with E-state index in [1.54, 1.807) is 35.2 Å². The van der Waals surface area contributed by atoms with Crippen LogP contribution in [-0.4, -0.2) is 29.1 Å². The highest BCUT2D eigenvalue weighted by atomic mass is 32.2. The van der Waals surface area contributed by atoms with E-state index in [-0.39, 0.29) is 5.91 Å². The highest BCUT2D eigenvalue weighted by Gasteiger charge is 2.10. The highest BCUT2D eigenvalue weighted by Crippen LogP contribution is 2.20. The smallest absolute Gasteiger partial charge is 0.279 e. The van der Waals surface area contributed by atoms with E-state index in [0.29, 0.717) is 12.2 Å². The molecule has 6 heteroatoms. The predicted octanol–water partition coefficient (Wildman–Crippen LogP) is 5.94. The van der Waals surface area contributed by atoms with Crippen molar-refractivity contribution in [3.63, 3.8) is 0 Å². The van der Waals surface area contributed by atoms with Crippen molar-refractivity contribution in [2.24, 2.45) is 4.99 Å². The van der Waals surface area contributed by atoms with Crippen molar-refractivity contribution < 1.29 is 9.53 Å². The number of benzene rings is 2. The van der Waals surface area contributed by atoms with E-state index in [9.17, 15) is 4.79 Å². The minimum absolute atomic E-state index is 0.215. The molecule has 0 fully saturated rings. The summed E-state index contributed by atoms with van der Waals surface area (Å²) >= 11 is 3.38. The van der Waals surface area contributed by atoms with Gasteiger partial charge < -0.3 is 9.30 Å². The molecule has 1 aromatic heterocycles. The number of ether oxygens (including phenoxy) is 1. The fourth-order valence-electron chi connectivity index (χ4n) is 3.21. The summed E-state index contributed by atoms with van der Waals surface area (Å²) in [5.74, 6) is 1.56. The summed E-state index contributed by atoms with van der Waals surface area (Å²) in [7, 11) is 0. The molecule has 0 N–H and O–H groups in total. The SMILES string of the molecule is CCCCCOc1ccc(C(=O)N=c2sc3cc(CC)ccc3n2CCSC)cc1. The number of nitrogens with zero attached hydrogens (tertiary/aromatic N) is 2. The van der Waals surface area contributed by atoms with E-state index in [2.05, 4.69) is 47.9 Å². The fraction of sp³-hybridized carbons (Fsp3) is 0.417. The molecule has 3 rings (SSSR count). The second-order valence-corrected chi connectivity index (χ2v) is 9.18. The fourth-order valence-corrected chi connectivity index (χ4v) is 4.69. The molecule has 0 spiro atoms. The van der Waals surface area contributed by atoms with Crippen molar-refractivity contribution in [3.8, 4) is 5.75 Å². The third-order valence-electron chi connectivity index (χ3n) is 4.99. The van der Waals surface area contributed by atoms with Crippen LogP contribution in [0.5, 0.6) is 5.75 Å². The van der Waals surface area contributed by atoms with Crippen molar-refractivity contribution >= 4 is 39.2 Å². The van der Waals surface area contributed by atoms with Crippen LogP contribution >= 0.6 is 23.1 Å². The number of thiazole rings is 1. The quantitative estimate of drug-likeness (QED) is 0.365. The standard InChI is InChI=1S/C24H30N2O2S2/c1-4-6-7-15-28-20-11-9-19(10-12-20)23(27)25-24-26(14-16-29-3)21-13-8-18(5-2)17-22(21)30-24/h8-13,17H,4-7,14-16H2,1-3H3. The molecule has 3 aromatic rings. The zero-order valence-electron chi connectivity index (χ0n) is 18.0. The molecule has 2 aromatic carbocycles. The lowest BCUT2D eigenvalue weighted by molar-refractivity contribution is 0.0998. The summed E-state index contributed by atoms with van der Waals surface area (Å²) in [5, 5.41) is 0. The number of carbonyl (C=O) groups excluding carboxylic acids is 1. The van der Waals surface area contributed by atoms with E-state index >= 15 is 0 Å². The van der Waals surface area contributed by atoms with Crippen molar-refractivity contribution in [2.45, 2.75) is 46.1 Å². The van der Waals surface area contributed by atoms with Crippen molar-refractivity contribution in [1.82, 2.24) is 4.57 Å². The van der Waals surface area contributed by atoms with E-state index < -0.39 is 0 Å². The van der Waals surface area contributed by atoms with Gasteiger partial charge in [-0.05, 0) is 61.1 Å². The van der Waals surface area contributed by atoms with E-state index in [0.717, 1.165) is 41.2 Å². The van der Waals surface area contributed by atoms with Gasteiger partial charge in [-0.1, -0.05) is 44.1 Å². The molecule has 0 aliphatic rings. The lowest BCUT2D eigenvalue weighted by Crippen LogP contribution is -2.18. The molecule has 0 saturated carbocycles. The lowest BCUT2D eigenvalue weighted by Gasteiger charge is -2.06. The lowest BCUT2D eigenvalue weighted by atomic mass is 10.2. The first-order valence-corrected chi connectivity index (χ1v) is 12.8. The van der Waals surface area contributed by atoms with Gasteiger partial charge in [0.05, 0.1) is 16.8 Å². The number of hydrogen-bond donors (Lipinski definition) is 0. The molecule has 0 atom stereocenters. The van der Waals surface area contributed by atoms with Crippen LogP contribution in [-0.2, 0) is 13.0 Å². The third-order valence-corrected chi connectivity index (χ3v) is 6.62. The van der Waals surface area contributed by atoms with Crippen LogP contribution in [0.3, 0.4) is 0 Å². The summed E-state index contributed by atoms with van der Waals surface area (Å²) in [6.45, 7) is 5.88.